The molecule has 7 atom stereocenters. The smallest absolute Gasteiger partial charge is 0.302 e. The Hall–Kier alpha value is -0.900. The van der Waals surface area contributed by atoms with Crippen LogP contribution in [0.4, 0.5) is 0 Å². The number of aliphatic imine (C=N–C) groups is 1. The van der Waals surface area contributed by atoms with Crippen molar-refractivity contribution < 1.29 is 14.6 Å². The molecule has 4 rings (SSSR count). The summed E-state index contributed by atoms with van der Waals surface area (Å²) >= 11 is 0. The van der Waals surface area contributed by atoms with Crippen LogP contribution in [0.2, 0.25) is 0 Å². The van der Waals surface area contributed by atoms with E-state index >= 15 is 0 Å². The monoisotopic (exact) mass is 375 g/mol. The predicted octanol–water partition coefficient (Wildman–Crippen LogP) is 4.39. The number of fused-ring (bicyclic) bond motifs is 5. The Morgan fingerprint density at radius 1 is 1.15 bits per heavy atom. The number of carbonyl (C=O) groups excluding carboxylic acids is 1. The molecule has 0 radical (unpaired) electrons. The normalized spacial score (nSPS) is 47.9. The number of esters is 1. The molecule has 0 aromatic carbocycles. The van der Waals surface area contributed by atoms with Gasteiger partial charge in [0.15, 0.2) is 0 Å². The fourth-order valence-corrected chi connectivity index (χ4v) is 7.79. The first-order valence-corrected chi connectivity index (χ1v) is 11.2. The van der Waals surface area contributed by atoms with Gasteiger partial charge in [-0.2, -0.15) is 0 Å². The van der Waals surface area contributed by atoms with Crippen LogP contribution in [0.15, 0.2) is 4.99 Å². The minimum atomic E-state index is -0.119. The molecule has 4 nitrogen and oxygen atoms in total. The summed E-state index contributed by atoms with van der Waals surface area (Å²) < 4.78 is 5.58. The second-order valence-corrected chi connectivity index (χ2v) is 10.2. The van der Waals surface area contributed by atoms with Crippen molar-refractivity contribution in [2.45, 2.75) is 84.7 Å². The SMILES string of the molecule is CC(=O)O[C@H]1CC[C@@]2(C)[C@@H](CC[C@@H]3[C@@H]2CC[C@]2(C)C(=NCCO)CC[C@@H]32)C1. The first kappa shape index (κ1) is 19.4. The Labute approximate surface area is 164 Å². The van der Waals surface area contributed by atoms with Crippen LogP contribution < -0.4 is 0 Å². The fourth-order valence-electron chi connectivity index (χ4n) is 7.79. The van der Waals surface area contributed by atoms with Crippen LogP contribution in [0.5, 0.6) is 0 Å². The number of carbonyl (C=O) groups is 1. The van der Waals surface area contributed by atoms with Crippen molar-refractivity contribution >= 4 is 11.7 Å². The number of ether oxygens (including phenoxy) is 1. The molecule has 27 heavy (non-hydrogen) atoms. The van der Waals surface area contributed by atoms with E-state index in [0.717, 1.165) is 37.0 Å². The van der Waals surface area contributed by atoms with Crippen LogP contribution >= 0.6 is 0 Å². The average Bonchev–Trinajstić information content (AvgIpc) is 2.96. The maximum absolute atomic E-state index is 11.4. The highest BCUT2D eigenvalue weighted by molar-refractivity contribution is 5.92. The third-order valence-electron chi connectivity index (χ3n) is 9.09. The van der Waals surface area contributed by atoms with Crippen LogP contribution in [-0.2, 0) is 9.53 Å². The first-order valence-electron chi connectivity index (χ1n) is 11.2. The summed E-state index contributed by atoms with van der Waals surface area (Å²) in [5, 5.41) is 9.19. The molecule has 4 aliphatic carbocycles. The molecular formula is C23H37NO3. The van der Waals surface area contributed by atoms with Gasteiger partial charge in [0.25, 0.3) is 0 Å². The van der Waals surface area contributed by atoms with E-state index < -0.39 is 0 Å². The number of hydrogen-bond donors (Lipinski definition) is 1. The van der Waals surface area contributed by atoms with E-state index in [4.69, 9.17) is 9.73 Å². The van der Waals surface area contributed by atoms with Gasteiger partial charge in [-0.25, -0.2) is 0 Å². The molecule has 0 aliphatic heterocycles. The summed E-state index contributed by atoms with van der Waals surface area (Å²) in [6.45, 7) is 7.30. The molecule has 152 valence electrons. The summed E-state index contributed by atoms with van der Waals surface area (Å²) in [5.74, 6) is 3.02. The predicted molar refractivity (Wildman–Crippen MR) is 107 cm³/mol. The molecule has 0 bridgehead atoms. The van der Waals surface area contributed by atoms with E-state index in [9.17, 15) is 9.90 Å². The van der Waals surface area contributed by atoms with Gasteiger partial charge in [-0.1, -0.05) is 13.8 Å². The van der Waals surface area contributed by atoms with Crippen molar-refractivity contribution in [2.75, 3.05) is 13.2 Å². The number of rotatable bonds is 3. The Morgan fingerprint density at radius 3 is 2.70 bits per heavy atom. The van der Waals surface area contributed by atoms with Gasteiger partial charge in [-0.05, 0) is 86.9 Å². The van der Waals surface area contributed by atoms with Crippen LogP contribution in [0.25, 0.3) is 0 Å². The number of hydrogen-bond acceptors (Lipinski definition) is 4. The van der Waals surface area contributed by atoms with Crippen molar-refractivity contribution in [1.29, 1.82) is 0 Å². The van der Waals surface area contributed by atoms with Gasteiger partial charge < -0.3 is 9.84 Å². The van der Waals surface area contributed by atoms with Crippen molar-refractivity contribution in [3.8, 4) is 0 Å². The van der Waals surface area contributed by atoms with Crippen LogP contribution in [0.1, 0.15) is 78.6 Å². The number of aliphatic hydroxyl groups is 1. The van der Waals surface area contributed by atoms with Crippen LogP contribution in [-0.4, -0.2) is 36.0 Å². The molecule has 4 saturated carbocycles. The van der Waals surface area contributed by atoms with Crippen molar-refractivity contribution in [1.82, 2.24) is 0 Å². The van der Waals surface area contributed by atoms with Gasteiger partial charge in [0.1, 0.15) is 6.10 Å². The lowest BCUT2D eigenvalue weighted by molar-refractivity contribution is -0.158. The topological polar surface area (TPSA) is 58.9 Å². The molecule has 0 saturated heterocycles. The van der Waals surface area contributed by atoms with Gasteiger partial charge in [0, 0.05) is 18.1 Å². The molecule has 0 spiro atoms. The molecule has 4 fully saturated rings. The van der Waals surface area contributed by atoms with Crippen LogP contribution in [0.3, 0.4) is 0 Å². The standard InChI is InChI=1S/C23H37NO3/c1-15(26)27-17-8-10-22(2)16(14-17)4-5-18-19-6-7-21(24-12-13-25)23(19,3)11-9-20(18)22/h16-20,25H,4-14H2,1-3H3/t16-,17-,18-,19-,20-,22-,23-/m0/s1. The van der Waals surface area contributed by atoms with E-state index in [0.29, 0.717) is 17.9 Å². The van der Waals surface area contributed by atoms with Crippen molar-refractivity contribution in [2.24, 2.45) is 39.5 Å². The summed E-state index contributed by atoms with van der Waals surface area (Å²) in [4.78, 5) is 16.2. The first-order chi connectivity index (χ1) is 12.9. The van der Waals surface area contributed by atoms with Crippen molar-refractivity contribution in [3.05, 3.63) is 0 Å². The Morgan fingerprint density at radius 2 is 1.96 bits per heavy atom. The zero-order valence-electron chi connectivity index (χ0n) is 17.4. The van der Waals surface area contributed by atoms with Crippen molar-refractivity contribution in [3.63, 3.8) is 0 Å². The molecule has 4 heteroatoms. The lowest BCUT2D eigenvalue weighted by Crippen LogP contribution is -2.54. The average molecular weight is 376 g/mol. The van der Waals surface area contributed by atoms with Gasteiger partial charge >= 0.3 is 5.97 Å². The number of aliphatic hydroxyl groups excluding tert-OH is 1. The highest BCUT2D eigenvalue weighted by atomic mass is 16.5. The number of nitrogens with zero attached hydrogens (tertiary/aromatic N) is 1. The van der Waals surface area contributed by atoms with E-state index in [1.807, 2.05) is 0 Å². The third kappa shape index (κ3) is 3.16. The van der Waals surface area contributed by atoms with Crippen LogP contribution in [0, 0.1) is 34.5 Å². The molecule has 1 N–H and O–H groups in total. The Kier molecular flexibility index (Phi) is 5.15. The largest absolute Gasteiger partial charge is 0.463 e. The van der Waals surface area contributed by atoms with Gasteiger partial charge in [-0.3, -0.25) is 9.79 Å². The van der Waals surface area contributed by atoms with E-state index in [-0.39, 0.29) is 24.1 Å². The lowest BCUT2D eigenvalue weighted by atomic mass is 9.45. The fraction of sp³-hybridized carbons (Fsp3) is 0.913. The Balaban J connectivity index is 1.52. The molecule has 0 unspecified atom stereocenters. The highest BCUT2D eigenvalue weighted by Crippen LogP contribution is 2.65. The molecule has 0 aromatic rings. The summed E-state index contributed by atoms with van der Waals surface area (Å²) in [7, 11) is 0. The van der Waals surface area contributed by atoms with Gasteiger partial charge in [0.05, 0.1) is 13.2 Å². The van der Waals surface area contributed by atoms with E-state index in [1.165, 1.54) is 44.2 Å². The second-order valence-electron chi connectivity index (χ2n) is 10.2. The molecular weight excluding hydrogens is 338 g/mol. The minimum absolute atomic E-state index is 0.119. The summed E-state index contributed by atoms with van der Waals surface area (Å²) in [5.41, 5.74) is 2.09. The Bertz CT molecular complexity index is 617. The third-order valence-corrected chi connectivity index (χ3v) is 9.09. The molecule has 0 heterocycles. The maximum atomic E-state index is 11.4. The van der Waals surface area contributed by atoms with Gasteiger partial charge in [-0.15, -0.1) is 0 Å². The highest BCUT2D eigenvalue weighted by Gasteiger charge is 2.59. The maximum Gasteiger partial charge on any atom is 0.302 e. The quantitative estimate of drug-likeness (QED) is 0.744. The second kappa shape index (κ2) is 7.17. The van der Waals surface area contributed by atoms with E-state index in [1.54, 1.807) is 6.92 Å². The molecule has 0 aromatic heterocycles. The van der Waals surface area contributed by atoms with Gasteiger partial charge in [0.2, 0.25) is 0 Å². The molecule has 0 amide bonds. The minimum Gasteiger partial charge on any atom is -0.463 e. The van der Waals surface area contributed by atoms with E-state index in [2.05, 4.69) is 13.8 Å². The molecule has 4 aliphatic rings. The summed E-state index contributed by atoms with van der Waals surface area (Å²) in [6, 6.07) is 0. The zero-order chi connectivity index (χ0) is 19.2. The zero-order valence-corrected chi connectivity index (χ0v) is 17.4. The lowest BCUT2D eigenvalue weighted by Gasteiger charge is -2.60. The summed E-state index contributed by atoms with van der Waals surface area (Å²) in [6.07, 6.45) is 11.1.